The lowest BCUT2D eigenvalue weighted by Crippen LogP contribution is -2.36. The third-order valence-corrected chi connectivity index (χ3v) is 4.20. The summed E-state index contributed by atoms with van der Waals surface area (Å²) in [5, 5.41) is 12.9. The molecule has 3 heterocycles. The number of hydrogen-bond acceptors (Lipinski definition) is 3. The monoisotopic (exact) mass is 268 g/mol. The molecule has 1 N–H and O–H groups in total. The molecular weight excluding hydrogens is 248 g/mol. The summed E-state index contributed by atoms with van der Waals surface area (Å²) < 4.78 is 2.05. The number of nitriles is 1. The normalized spacial score (nSPS) is 18.8. The highest BCUT2D eigenvalue weighted by Gasteiger charge is 2.22. The number of hydrogen-bond donors (Lipinski definition) is 1. The van der Waals surface area contributed by atoms with Crippen molar-refractivity contribution in [3.8, 4) is 6.07 Å². The minimum Gasteiger partial charge on any atom is -0.322 e. The molecule has 104 valence electrons. The lowest BCUT2D eigenvalue weighted by atomic mass is 10.1. The predicted molar refractivity (Wildman–Crippen MR) is 79.5 cm³/mol. The van der Waals surface area contributed by atoms with Gasteiger partial charge in [-0.05, 0) is 31.6 Å². The lowest BCUT2D eigenvalue weighted by molar-refractivity contribution is 0.210. The van der Waals surface area contributed by atoms with Crippen LogP contribution in [0.1, 0.15) is 24.5 Å². The second-order valence-corrected chi connectivity index (χ2v) is 5.34. The maximum absolute atomic E-state index is 9.46. The van der Waals surface area contributed by atoms with Gasteiger partial charge in [0, 0.05) is 37.1 Å². The number of aromatic nitrogens is 1. The van der Waals surface area contributed by atoms with E-state index in [2.05, 4.69) is 33.8 Å². The molecule has 4 heteroatoms. The molecular formula is C16H20N4. The molecule has 0 radical (unpaired) electrons. The number of nitrogens with zero attached hydrogens (tertiary/aromatic N) is 3. The van der Waals surface area contributed by atoms with Crippen LogP contribution in [0, 0.1) is 11.3 Å². The molecule has 0 aromatic carbocycles. The third kappa shape index (κ3) is 2.31. The molecule has 1 unspecified atom stereocenters. The number of fused-ring (bicyclic) bond motifs is 1. The molecule has 0 saturated carbocycles. The van der Waals surface area contributed by atoms with Gasteiger partial charge in [-0.15, -0.1) is 0 Å². The van der Waals surface area contributed by atoms with E-state index in [-0.39, 0.29) is 0 Å². The van der Waals surface area contributed by atoms with E-state index in [9.17, 15) is 5.26 Å². The van der Waals surface area contributed by atoms with Gasteiger partial charge in [-0.1, -0.05) is 13.0 Å². The summed E-state index contributed by atoms with van der Waals surface area (Å²) in [4.78, 5) is 2.47. The van der Waals surface area contributed by atoms with Crippen molar-refractivity contribution < 1.29 is 0 Å². The van der Waals surface area contributed by atoms with Gasteiger partial charge in [0.25, 0.3) is 0 Å². The van der Waals surface area contributed by atoms with Crippen molar-refractivity contribution in [2.24, 2.45) is 0 Å². The summed E-state index contributed by atoms with van der Waals surface area (Å²) in [6, 6.07) is 8.96. The van der Waals surface area contributed by atoms with Crippen LogP contribution in [0.5, 0.6) is 0 Å². The smallest absolute Gasteiger partial charge is 0.102 e. The second kappa shape index (κ2) is 5.66. The van der Waals surface area contributed by atoms with Gasteiger partial charge in [-0.3, -0.25) is 4.90 Å². The minimum atomic E-state index is 0.592. The number of pyridine rings is 1. The van der Waals surface area contributed by atoms with Crippen molar-refractivity contribution >= 4 is 5.52 Å². The Labute approximate surface area is 119 Å². The Balaban J connectivity index is 1.91. The van der Waals surface area contributed by atoms with Crippen molar-refractivity contribution in [2.75, 3.05) is 19.6 Å². The van der Waals surface area contributed by atoms with Gasteiger partial charge in [-0.25, -0.2) is 0 Å². The van der Waals surface area contributed by atoms with Crippen LogP contribution in [0.15, 0.2) is 30.6 Å². The van der Waals surface area contributed by atoms with Gasteiger partial charge in [-0.2, -0.15) is 5.26 Å². The lowest BCUT2D eigenvalue weighted by Gasteiger charge is -2.26. The molecule has 1 atom stereocenters. The van der Waals surface area contributed by atoms with Crippen LogP contribution in [0.25, 0.3) is 5.52 Å². The standard InChI is InChI=1S/C16H20N4/c1-2-19(14-6-7-18-10-14)11-13-12-20-8-4-3-5-16(20)15(13)9-17/h3-5,8,12,14,18H,2,6-7,10-11H2,1H3. The average Bonchev–Trinajstić information content (AvgIpc) is 3.11. The zero-order valence-electron chi connectivity index (χ0n) is 11.8. The van der Waals surface area contributed by atoms with E-state index in [1.807, 2.05) is 24.4 Å². The first kappa shape index (κ1) is 13.2. The van der Waals surface area contributed by atoms with E-state index in [4.69, 9.17) is 0 Å². The van der Waals surface area contributed by atoms with Crippen molar-refractivity contribution in [1.29, 1.82) is 5.26 Å². The van der Waals surface area contributed by atoms with E-state index in [1.54, 1.807) is 0 Å². The van der Waals surface area contributed by atoms with Crippen LogP contribution in [0.3, 0.4) is 0 Å². The summed E-state index contributed by atoms with van der Waals surface area (Å²) in [5.74, 6) is 0. The van der Waals surface area contributed by atoms with Gasteiger partial charge in [0.1, 0.15) is 6.07 Å². The third-order valence-electron chi connectivity index (χ3n) is 4.20. The Kier molecular flexibility index (Phi) is 3.72. The zero-order valence-corrected chi connectivity index (χ0v) is 11.8. The maximum Gasteiger partial charge on any atom is 0.102 e. The molecule has 1 fully saturated rings. The Morgan fingerprint density at radius 1 is 1.50 bits per heavy atom. The number of rotatable bonds is 4. The highest BCUT2D eigenvalue weighted by Crippen LogP contribution is 2.21. The highest BCUT2D eigenvalue weighted by atomic mass is 15.2. The SMILES string of the molecule is CCN(Cc1cn2ccccc2c1C#N)C1CCNC1. The summed E-state index contributed by atoms with van der Waals surface area (Å²) in [6.07, 6.45) is 5.30. The van der Waals surface area contributed by atoms with Crippen molar-refractivity contribution in [1.82, 2.24) is 14.6 Å². The molecule has 1 aliphatic rings. The molecule has 2 aromatic rings. The van der Waals surface area contributed by atoms with Gasteiger partial charge in [0.2, 0.25) is 0 Å². The Bertz CT molecular complexity index is 631. The van der Waals surface area contributed by atoms with Crippen LogP contribution in [0.2, 0.25) is 0 Å². The second-order valence-electron chi connectivity index (χ2n) is 5.34. The van der Waals surface area contributed by atoms with E-state index >= 15 is 0 Å². The molecule has 0 aliphatic carbocycles. The molecule has 1 saturated heterocycles. The van der Waals surface area contributed by atoms with E-state index in [0.717, 1.165) is 42.8 Å². The Morgan fingerprint density at radius 2 is 2.40 bits per heavy atom. The Hall–Kier alpha value is -1.83. The fraction of sp³-hybridized carbons (Fsp3) is 0.438. The van der Waals surface area contributed by atoms with Gasteiger partial charge in [0.15, 0.2) is 0 Å². The van der Waals surface area contributed by atoms with Crippen LogP contribution < -0.4 is 5.32 Å². The molecule has 3 rings (SSSR count). The largest absolute Gasteiger partial charge is 0.322 e. The van der Waals surface area contributed by atoms with Crippen LogP contribution >= 0.6 is 0 Å². The molecule has 4 nitrogen and oxygen atoms in total. The maximum atomic E-state index is 9.46. The van der Waals surface area contributed by atoms with Crippen LogP contribution in [-0.2, 0) is 6.54 Å². The molecule has 1 aliphatic heterocycles. The topological polar surface area (TPSA) is 43.5 Å². The molecule has 0 spiro atoms. The van der Waals surface area contributed by atoms with Gasteiger partial charge in [0.05, 0.1) is 11.1 Å². The van der Waals surface area contributed by atoms with Crippen molar-refractivity contribution in [3.63, 3.8) is 0 Å². The quantitative estimate of drug-likeness (QED) is 0.922. The first-order valence-electron chi connectivity index (χ1n) is 7.27. The van der Waals surface area contributed by atoms with E-state index in [0.29, 0.717) is 6.04 Å². The Morgan fingerprint density at radius 3 is 3.10 bits per heavy atom. The first-order valence-corrected chi connectivity index (χ1v) is 7.27. The molecule has 20 heavy (non-hydrogen) atoms. The van der Waals surface area contributed by atoms with E-state index in [1.165, 1.54) is 6.42 Å². The van der Waals surface area contributed by atoms with Crippen molar-refractivity contribution in [3.05, 3.63) is 41.7 Å². The summed E-state index contributed by atoms with van der Waals surface area (Å²) in [5.41, 5.74) is 2.95. The summed E-state index contributed by atoms with van der Waals surface area (Å²) >= 11 is 0. The number of nitrogens with one attached hydrogen (secondary N) is 1. The predicted octanol–water partition coefficient (Wildman–Crippen LogP) is 1.99. The van der Waals surface area contributed by atoms with Crippen LogP contribution in [0.4, 0.5) is 0 Å². The fourth-order valence-corrected chi connectivity index (χ4v) is 3.10. The summed E-state index contributed by atoms with van der Waals surface area (Å²) in [6.45, 7) is 6.23. The fourth-order valence-electron chi connectivity index (χ4n) is 3.10. The first-order chi connectivity index (χ1) is 9.83. The van der Waals surface area contributed by atoms with Crippen LogP contribution in [-0.4, -0.2) is 35.0 Å². The summed E-state index contributed by atoms with van der Waals surface area (Å²) in [7, 11) is 0. The van der Waals surface area contributed by atoms with Gasteiger partial charge < -0.3 is 9.72 Å². The molecule has 0 bridgehead atoms. The zero-order chi connectivity index (χ0) is 13.9. The molecule has 2 aromatic heterocycles. The van der Waals surface area contributed by atoms with Crippen molar-refractivity contribution in [2.45, 2.75) is 25.9 Å². The minimum absolute atomic E-state index is 0.592. The highest BCUT2D eigenvalue weighted by molar-refractivity contribution is 5.65. The van der Waals surface area contributed by atoms with Gasteiger partial charge >= 0.3 is 0 Å². The number of likely N-dealkylation sites (N-methyl/N-ethyl adjacent to an activating group) is 1. The molecule has 0 amide bonds. The van der Waals surface area contributed by atoms with E-state index < -0.39 is 0 Å². The average molecular weight is 268 g/mol.